The zero-order valence-corrected chi connectivity index (χ0v) is 8.54. The van der Waals surface area contributed by atoms with Gasteiger partial charge in [0.2, 0.25) is 5.91 Å². The minimum absolute atomic E-state index is 0.110. The standard InChI is InChI=1S/C9H18N2O3/c1-2-8(12)3-4-9(13)11-5-6-14-7-10/h2-7,10H2,1H3,(H,11,13). The van der Waals surface area contributed by atoms with Gasteiger partial charge < -0.3 is 15.8 Å². The number of hydrogen-bond donors (Lipinski definition) is 2. The molecule has 0 atom stereocenters. The van der Waals surface area contributed by atoms with Gasteiger partial charge in [-0.25, -0.2) is 0 Å². The Hall–Kier alpha value is -0.940. The SMILES string of the molecule is CCC(=O)CCC(=O)NCCOCN. The average Bonchev–Trinajstić information content (AvgIpc) is 2.21. The van der Waals surface area contributed by atoms with Crippen LogP contribution in [0.1, 0.15) is 26.2 Å². The minimum Gasteiger partial charge on any atom is -0.365 e. The van der Waals surface area contributed by atoms with E-state index in [1.807, 2.05) is 0 Å². The number of carbonyl (C=O) groups is 2. The molecule has 0 fully saturated rings. The Balaban J connectivity index is 3.32. The van der Waals surface area contributed by atoms with Gasteiger partial charge in [0.1, 0.15) is 5.78 Å². The molecule has 0 saturated carbocycles. The van der Waals surface area contributed by atoms with Crippen LogP contribution in [0.2, 0.25) is 0 Å². The lowest BCUT2D eigenvalue weighted by Crippen LogP contribution is -2.28. The summed E-state index contributed by atoms with van der Waals surface area (Å²) in [5, 5.41) is 2.63. The monoisotopic (exact) mass is 202 g/mol. The van der Waals surface area contributed by atoms with E-state index in [1.54, 1.807) is 6.92 Å². The van der Waals surface area contributed by atoms with Crippen LogP contribution < -0.4 is 11.1 Å². The highest BCUT2D eigenvalue weighted by atomic mass is 16.5. The van der Waals surface area contributed by atoms with Gasteiger partial charge in [0.25, 0.3) is 0 Å². The Morgan fingerprint density at radius 3 is 2.64 bits per heavy atom. The Labute approximate surface area is 84.0 Å². The fourth-order valence-corrected chi connectivity index (χ4v) is 0.864. The second kappa shape index (κ2) is 8.65. The van der Waals surface area contributed by atoms with Crippen LogP contribution in [0.15, 0.2) is 0 Å². The van der Waals surface area contributed by atoms with Crippen molar-refractivity contribution in [3.05, 3.63) is 0 Å². The fraction of sp³-hybridized carbons (Fsp3) is 0.778. The van der Waals surface area contributed by atoms with Crippen LogP contribution >= 0.6 is 0 Å². The normalized spacial score (nSPS) is 9.86. The molecule has 0 unspecified atom stereocenters. The molecular weight excluding hydrogens is 184 g/mol. The maximum Gasteiger partial charge on any atom is 0.220 e. The number of ether oxygens (including phenoxy) is 1. The van der Waals surface area contributed by atoms with Crippen molar-refractivity contribution in [1.29, 1.82) is 0 Å². The van der Waals surface area contributed by atoms with Crippen LogP contribution in [0.25, 0.3) is 0 Å². The Kier molecular flexibility index (Phi) is 8.07. The van der Waals surface area contributed by atoms with Crippen LogP contribution in [0, 0.1) is 0 Å². The lowest BCUT2D eigenvalue weighted by Gasteiger charge is -2.04. The molecule has 14 heavy (non-hydrogen) atoms. The van der Waals surface area contributed by atoms with E-state index in [0.29, 0.717) is 26.0 Å². The molecule has 0 aromatic rings. The molecule has 0 rings (SSSR count). The molecule has 0 aromatic heterocycles. The van der Waals surface area contributed by atoms with Crippen LogP contribution in [-0.4, -0.2) is 31.6 Å². The summed E-state index contributed by atoms with van der Waals surface area (Å²) in [6.07, 6.45) is 1.07. The molecule has 0 saturated heterocycles. The third-order valence-corrected chi connectivity index (χ3v) is 1.71. The molecule has 0 aliphatic carbocycles. The number of ketones is 1. The van der Waals surface area contributed by atoms with Gasteiger partial charge in [-0.2, -0.15) is 0 Å². The average molecular weight is 202 g/mol. The highest BCUT2D eigenvalue weighted by molar-refractivity contribution is 5.84. The first-order chi connectivity index (χ1) is 6.70. The van der Waals surface area contributed by atoms with Crippen molar-refractivity contribution in [2.45, 2.75) is 26.2 Å². The van der Waals surface area contributed by atoms with Gasteiger partial charge >= 0.3 is 0 Å². The van der Waals surface area contributed by atoms with Gasteiger partial charge in [-0.15, -0.1) is 0 Å². The van der Waals surface area contributed by atoms with Crippen molar-refractivity contribution in [3.63, 3.8) is 0 Å². The number of Topliss-reactive ketones (excluding diaryl/α,β-unsaturated/α-hetero) is 1. The molecule has 3 N–H and O–H groups in total. The lowest BCUT2D eigenvalue weighted by atomic mass is 10.2. The zero-order chi connectivity index (χ0) is 10.8. The first kappa shape index (κ1) is 13.1. The molecular formula is C9H18N2O3. The van der Waals surface area contributed by atoms with Crippen molar-refractivity contribution in [2.75, 3.05) is 19.9 Å². The number of nitrogens with one attached hydrogen (secondary N) is 1. The van der Waals surface area contributed by atoms with E-state index in [2.05, 4.69) is 5.32 Å². The van der Waals surface area contributed by atoms with Crippen LogP contribution in [0.5, 0.6) is 0 Å². The summed E-state index contributed by atoms with van der Waals surface area (Å²) in [5.41, 5.74) is 5.08. The third kappa shape index (κ3) is 7.70. The molecule has 0 bridgehead atoms. The quantitative estimate of drug-likeness (QED) is 0.421. The van der Waals surface area contributed by atoms with E-state index in [0.717, 1.165) is 0 Å². The summed E-state index contributed by atoms with van der Waals surface area (Å²) in [6.45, 7) is 2.79. The van der Waals surface area contributed by atoms with Gasteiger partial charge in [-0.1, -0.05) is 6.92 Å². The summed E-state index contributed by atoms with van der Waals surface area (Å²) in [6, 6.07) is 0. The zero-order valence-electron chi connectivity index (χ0n) is 8.54. The first-order valence-corrected chi connectivity index (χ1v) is 4.77. The number of carbonyl (C=O) groups excluding carboxylic acids is 2. The summed E-state index contributed by atoms with van der Waals surface area (Å²) in [5.74, 6) is -0.00854. The molecule has 5 nitrogen and oxygen atoms in total. The molecule has 0 spiro atoms. The predicted octanol–water partition coefficient (Wildman–Crippen LogP) is -0.205. The smallest absolute Gasteiger partial charge is 0.220 e. The molecule has 0 radical (unpaired) electrons. The van der Waals surface area contributed by atoms with Crippen molar-refractivity contribution < 1.29 is 14.3 Å². The predicted molar refractivity (Wildman–Crippen MR) is 52.5 cm³/mol. The van der Waals surface area contributed by atoms with E-state index in [9.17, 15) is 9.59 Å². The van der Waals surface area contributed by atoms with Crippen molar-refractivity contribution in [1.82, 2.24) is 5.32 Å². The number of rotatable bonds is 8. The number of hydrogen-bond acceptors (Lipinski definition) is 4. The molecule has 5 heteroatoms. The lowest BCUT2D eigenvalue weighted by molar-refractivity contribution is -0.125. The minimum atomic E-state index is -0.118. The van der Waals surface area contributed by atoms with E-state index >= 15 is 0 Å². The molecule has 0 aliphatic rings. The molecule has 0 heterocycles. The topological polar surface area (TPSA) is 81.4 Å². The maximum absolute atomic E-state index is 11.1. The van der Waals surface area contributed by atoms with Gasteiger partial charge in [-0.05, 0) is 0 Å². The Bertz CT molecular complexity index is 183. The molecule has 0 aliphatic heterocycles. The van der Waals surface area contributed by atoms with Crippen molar-refractivity contribution in [2.24, 2.45) is 5.73 Å². The Morgan fingerprint density at radius 1 is 1.36 bits per heavy atom. The van der Waals surface area contributed by atoms with Gasteiger partial charge in [0, 0.05) is 25.8 Å². The van der Waals surface area contributed by atoms with E-state index in [4.69, 9.17) is 10.5 Å². The van der Waals surface area contributed by atoms with Crippen molar-refractivity contribution in [3.8, 4) is 0 Å². The number of nitrogens with two attached hydrogens (primary N) is 1. The molecule has 1 amide bonds. The number of amides is 1. The summed E-state index contributed by atoms with van der Waals surface area (Å²) in [4.78, 5) is 21.9. The summed E-state index contributed by atoms with van der Waals surface area (Å²) in [7, 11) is 0. The second-order valence-corrected chi connectivity index (χ2v) is 2.82. The second-order valence-electron chi connectivity index (χ2n) is 2.82. The van der Waals surface area contributed by atoms with Gasteiger partial charge in [-0.3, -0.25) is 9.59 Å². The highest BCUT2D eigenvalue weighted by Gasteiger charge is 2.04. The van der Waals surface area contributed by atoms with Crippen LogP contribution in [0.4, 0.5) is 0 Å². The third-order valence-electron chi connectivity index (χ3n) is 1.71. The fourth-order valence-electron chi connectivity index (χ4n) is 0.864. The first-order valence-electron chi connectivity index (χ1n) is 4.77. The van der Waals surface area contributed by atoms with Crippen LogP contribution in [0.3, 0.4) is 0 Å². The molecule has 0 aromatic carbocycles. The molecule has 82 valence electrons. The largest absolute Gasteiger partial charge is 0.365 e. The van der Waals surface area contributed by atoms with Crippen molar-refractivity contribution >= 4 is 11.7 Å². The maximum atomic E-state index is 11.1. The van der Waals surface area contributed by atoms with E-state index in [-0.39, 0.29) is 24.8 Å². The summed E-state index contributed by atoms with van der Waals surface area (Å²) >= 11 is 0. The Morgan fingerprint density at radius 2 is 2.07 bits per heavy atom. The highest BCUT2D eigenvalue weighted by Crippen LogP contribution is 1.93. The van der Waals surface area contributed by atoms with E-state index < -0.39 is 0 Å². The van der Waals surface area contributed by atoms with Crippen LogP contribution in [-0.2, 0) is 14.3 Å². The summed E-state index contributed by atoms with van der Waals surface area (Å²) < 4.78 is 4.83. The van der Waals surface area contributed by atoms with Gasteiger partial charge in [0.05, 0.1) is 13.3 Å². The van der Waals surface area contributed by atoms with Gasteiger partial charge in [0.15, 0.2) is 0 Å². The van der Waals surface area contributed by atoms with E-state index in [1.165, 1.54) is 0 Å².